The number of aldehydes is 1. The van der Waals surface area contributed by atoms with Crippen molar-refractivity contribution in [3.8, 4) is 0 Å². The average molecular weight is 313 g/mol. The van der Waals surface area contributed by atoms with E-state index < -0.39 is 0 Å². The largest absolute Gasteiger partial charge is 0.361 e. The molecule has 1 aromatic heterocycles. The molecule has 0 unspecified atom stereocenters. The Morgan fingerprint density at radius 3 is 2.74 bits per heavy atom. The molecule has 0 radical (unpaired) electrons. The molecule has 1 saturated carbocycles. The Balaban J connectivity index is 0.000000338. The summed E-state index contributed by atoms with van der Waals surface area (Å²) in [5.74, 6) is 0.456. The quantitative estimate of drug-likeness (QED) is 0.531. The maximum Gasteiger partial charge on any atom is 0.187 e. The van der Waals surface area contributed by atoms with Crippen molar-refractivity contribution < 1.29 is 9.63 Å². The van der Waals surface area contributed by atoms with E-state index in [2.05, 4.69) is 14.7 Å². The lowest BCUT2D eigenvalue weighted by molar-refractivity contribution is -0.111. The number of hydrogen-bond acceptors (Lipinski definition) is 3. The number of aromatic nitrogens is 1. The van der Waals surface area contributed by atoms with Crippen molar-refractivity contribution in [3.05, 3.63) is 41.4 Å². The van der Waals surface area contributed by atoms with E-state index in [9.17, 15) is 4.79 Å². The van der Waals surface area contributed by atoms with Crippen molar-refractivity contribution >= 4 is 22.9 Å². The van der Waals surface area contributed by atoms with Crippen LogP contribution >= 0.6 is 0 Å². The number of carbonyl (C=O) groups excluding carboxylic acids is 1. The van der Waals surface area contributed by atoms with Crippen LogP contribution in [-0.2, 0) is 9.63 Å². The predicted molar refractivity (Wildman–Crippen MR) is 91.4 cm³/mol. The summed E-state index contributed by atoms with van der Waals surface area (Å²) in [5, 5.41) is 2.72. The fourth-order valence-electron chi connectivity index (χ4n) is 3.04. The topological polar surface area (TPSA) is 49.7 Å². The monoisotopic (exact) mass is 313 g/mol. The molecule has 0 saturated heterocycles. The minimum atomic E-state index is 0.139. The van der Waals surface area contributed by atoms with Crippen LogP contribution in [0.25, 0.3) is 15.7 Å². The Morgan fingerprint density at radius 1 is 1.39 bits per heavy atom. The van der Waals surface area contributed by atoms with Crippen LogP contribution in [-0.4, -0.2) is 37.5 Å². The third-order valence-corrected chi connectivity index (χ3v) is 4.34. The first-order chi connectivity index (χ1) is 11.1. The minimum Gasteiger partial charge on any atom is -0.361 e. The molecule has 1 aliphatic rings. The molecule has 23 heavy (non-hydrogen) atoms. The van der Waals surface area contributed by atoms with E-state index in [0.717, 1.165) is 36.5 Å². The van der Waals surface area contributed by atoms with Gasteiger partial charge < -0.3 is 14.6 Å². The standard InChI is InChI=1S/C15H14N2O.C3H9NO/c1-16-11-5-6-15-13(7-11)14(8-17-15)12-4-2-3-10(12)9-18;1-4(2)5-3/h5-10,12,17H,2-4H2;1-3H3/t10-,12+;/m1./s1. The molecule has 122 valence electrons. The van der Waals surface area contributed by atoms with Gasteiger partial charge in [0, 0.05) is 31.7 Å². The average Bonchev–Trinajstić information content (AvgIpc) is 3.20. The lowest BCUT2D eigenvalue weighted by atomic mass is 9.89. The van der Waals surface area contributed by atoms with Gasteiger partial charge in [0.15, 0.2) is 5.69 Å². The van der Waals surface area contributed by atoms with Crippen LogP contribution in [0.5, 0.6) is 0 Å². The van der Waals surface area contributed by atoms with E-state index >= 15 is 0 Å². The minimum absolute atomic E-state index is 0.139. The summed E-state index contributed by atoms with van der Waals surface area (Å²) in [5.41, 5.74) is 2.91. The fourth-order valence-corrected chi connectivity index (χ4v) is 3.04. The number of aromatic amines is 1. The number of benzene rings is 1. The Hall–Kier alpha value is -2.16. The molecule has 0 spiro atoms. The number of hydrogen-bond donors (Lipinski definition) is 1. The van der Waals surface area contributed by atoms with E-state index in [1.165, 1.54) is 5.56 Å². The van der Waals surface area contributed by atoms with Crippen LogP contribution in [0, 0.1) is 12.5 Å². The number of hydroxylamine groups is 2. The zero-order chi connectivity index (χ0) is 16.8. The van der Waals surface area contributed by atoms with Crippen LogP contribution in [0.3, 0.4) is 0 Å². The Morgan fingerprint density at radius 2 is 2.13 bits per heavy atom. The second kappa shape index (κ2) is 7.91. The van der Waals surface area contributed by atoms with Gasteiger partial charge in [-0.2, -0.15) is 5.06 Å². The molecule has 1 aromatic carbocycles. The third-order valence-electron chi connectivity index (χ3n) is 4.34. The van der Waals surface area contributed by atoms with Gasteiger partial charge in [-0.25, -0.2) is 4.85 Å². The van der Waals surface area contributed by atoms with E-state index in [0.29, 0.717) is 11.6 Å². The van der Waals surface area contributed by atoms with Crippen molar-refractivity contribution in [1.29, 1.82) is 0 Å². The van der Waals surface area contributed by atoms with Crippen LogP contribution in [0.15, 0.2) is 24.4 Å². The molecule has 3 rings (SSSR count). The maximum absolute atomic E-state index is 11.1. The summed E-state index contributed by atoms with van der Waals surface area (Å²) in [6, 6.07) is 5.69. The van der Waals surface area contributed by atoms with E-state index in [-0.39, 0.29) is 5.92 Å². The molecule has 0 amide bonds. The number of rotatable bonds is 3. The van der Waals surface area contributed by atoms with Gasteiger partial charge in [0.25, 0.3) is 0 Å². The van der Waals surface area contributed by atoms with Gasteiger partial charge in [-0.1, -0.05) is 12.5 Å². The maximum atomic E-state index is 11.1. The molecule has 5 nitrogen and oxygen atoms in total. The van der Waals surface area contributed by atoms with Gasteiger partial charge in [0.05, 0.1) is 13.7 Å². The molecule has 1 heterocycles. The Kier molecular flexibility index (Phi) is 5.91. The van der Waals surface area contributed by atoms with E-state index in [1.54, 1.807) is 12.2 Å². The summed E-state index contributed by atoms with van der Waals surface area (Å²) < 4.78 is 0. The molecule has 2 atom stereocenters. The number of nitrogens with one attached hydrogen (secondary N) is 1. The molecule has 1 aliphatic carbocycles. The summed E-state index contributed by atoms with van der Waals surface area (Å²) >= 11 is 0. The van der Waals surface area contributed by atoms with Crippen LogP contribution in [0.4, 0.5) is 5.69 Å². The van der Waals surface area contributed by atoms with Crippen molar-refractivity contribution in [2.75, 3.05) is 21.2 Å². The molecule has 2 aromatic rings. The second-order valence-corrected chi connectivity index (χ2v) is 5.92. The zero-order valence-corrected chi connectivity index (χ0v) is 13.9. The van der Waals surface area contributed by atoms with Gasteiger partial charge in [-0.05, 0) is 41.8 Å². The molecule has 1 fully saturated rings. The van der Waals surface area contributed by atoms with Crippen molar-refractivity contribution in [3.63, 3.8) is 0 Å². The van der Waals surface area contributed by atoms with Gasteiger partial charge in [0.1, 0.15) is 6.29 Å². The highest BCUT2D eigenvalue weighted by Crippen LogP contribution is 2.41. The predicted octanol–water partition coefficient (Wildman–Crippen LogP) is 3.91. The van der Waals surface area contributed by atoms with Gasteiger partial charge in [-0.3, -0.25) is 0 Å². The first-order valence-electron chi connectivity index (χ1n) is 7.76. The Labute approximate surface area is 137 Å². The zero-order valence-electron chi connectivity index (χ0n) is 13.9. The highest BCUT2D eigenvalue weighted by atomic mass is 16.7. The first-order valence-corrected chi connectivity index (χ1v) is 7.76. The lowest BCUT2D eigenvalue weighted by Gasteiger charge is -2.13. The SMILES string of the molecule is CON(C)C.[C-]#[N+]c1ccc2[nH]cc([C@H]3CCC[C@@H]3C=O)c2c1. The molecule has 1 N–H and O–H groups in total. The van der Waals surface area contributed by atoms with Crippen molar-refractivity contribution in [2.45, 2.75) is 25.2 Å². The van der Waals surface area contributed by atoms with Crippen molar-refractivity contribution in [1.82, 2.24) is 10.0 Å². The molecule has 5 heteroatoms. The third kappa shape index (κ3) is 3.98. The van der Waals surface area contributed by atoms with Gasteiger partial charge >= 0.3 is 0 Å². The van der Waals surface area contributed by atoms with Crippen LogP contribution in [0.2, 0.25) is 0 Å². The van der Waals surface area contributed by atoms with Crippen LogP contribution in [0.1, 0.15) is 30.7 Å². The summed E-state index contributed by atoms with van der Waals surface area (Å²) in [7, 11) is 5.29. The second-order valence-electron chi connectivity index (χ2n) is 5.92. The summed E-state index contributed by atoms with van der Waals surface area (Å²) in [6.07, 6.45) is 6.27. The molecular weight excluding hydrogens is 290 g/mol. The van der Waals surface area contributed by atoms with E-state index in [1.807, 2.05) is 38.5 Å². The highest BCUT2D eigenvalue weighted by molar-refractivity contribution is 5.87. The Bertz CT molecular complexity index is 700. The number of nitrogens with zero attached hydrogens (tertiary/aromatic N) is 2. The van der Waals surface area contributed by atoms with Gasteiger partial charge in [-0.15, -0.1) is 0 Å². The number of fused-ring (bicyclic) bond motifs is 1. The summed E-state index contributed by atoms with van der Waals surface area (Å²) in [4.78, 5) is 22.4. The van der Waals surface area contributed by atoms with Gasteiger partial charge in [0.2, 0.25) is 0 Å². The number of carbonyl (C=O) groups is 1. The lowest BCUT2D eigenvalue weighted by Crippen LogP contribution is -2.07. The normalized spacial score (nSPS) is 20.1. The smallest absolute Gasteiger partial charge is 0.187 e. The molecule has 0 bridgehead atoms. The highest BCUT2D eigenvalue weighted by Gasteiger charge is 2.29. The number of H-pyrrole nitrogens is 1. The van der Waals surface area contributed by atoms with E-state index in [4.69, 9.17) is 6.57 Å². The van der Waals surface area contributed by atoms with Crippen LogP contribution < -0.4 is 0 Å². The van der Waals surface area contributed by atoms with Crippen molar-refractivity contribution in [2.24, 2.45) is 5.92 Å². The molecule has 0 aliphatic heterocycles. The fraction of sp³-hybridized carbons (Fsp3) is 0.444. The first kappa shape index (κ1) is 17.2. The summed E-state index contributed by atoms with van der Waals surface area (Å²) in [6.45, 7) is 7.09. The molecular formula is C18H23N3O2.